The predicted octanol–water partition coefficient (Wildman–Crippen LogP) is 4.03. The van der Waals surface area contributed by atoms with Crippen LogP contribution in [0.5, 0.6) is 0 Å². The summed E-state index contributed by atoms with van der Waals surface area (Å²) in [6.45, 7) is 0. The molecular weight excluding hydrogens is 316 g/mol. The molecule has 0 aliphatic rings. The van der Waals surface area contributed by atoms with Gasteiger partial charge in [0.05, 0.1) is 0 Å². The third-order valence-electron chi connectivity index (χ3n) is 2.97. The zero-order chi connectivity index (χ0) is 13.9. The second-order valence-electron chi connectivity index (χ2n) is 4.38. The molecule has 0 radical (unpaired) electrons. The number of nitrogens with zero attached hydrogens (tertiary/aromatic N) is 1. The van der Waals surface area contributed by atoms with Crippen LogP contribution in [0.15, 0.2) is 59.1 Å². The van der Waals surface area contributed by atoms with Gasteiger partial charge in [0.1, 0.15) is 11.6 Å². The first-order valence-electron chi connectivity index (χ1n) is 6.14. The van der Waals surface area contributed by atoms with Gasteiger partial charge in [-0.15, -0.1) is 0 Å². The maximum absolute atomic E-state index is 5.36. The minimum atomic E-state index is 0.625. The predicted molar refractivity (Wildman–Crippen MR) is 87.0 cm³/mol. The van der Waals surface area contributed by atoms with Gasteiger partial charge in [-0.05, 0) is 47.2 Å². The van der Waals surface area contributed by atoms with E-state index in [0.29, 0.717) is 5.82 Å². The Hall–Kier alpha value is -2.11. The molecule has 0 fully saturated rings. The van der Waals surface area contributed by atoms with Crippen LogP contribution in [0.25, 0.3) is 10.8 Å². The molecule has 20 heavy (non-hydrogen) atoms. The number of anilines is 3. The smallest absolute Gasteiger partial charge is 0.142 e. The molecule has 0 unspecified atom stereocenters. The molecule has 0 amide bonds. The first-order valence-corrected chi connectivity index (χ1v) is 6.94. The third kappa shape index (κ3) is 2.74. The van der Waals surface area contributed by atoms with E-state index in [1.165, 1.54) is 10.8 Å². The molecule has 100 valence electrons. The highest BCUT2D eigenvalue weighted by molar-refractivity contribution is 9.10. The monoisotopic (exact) mass is 328 g/mol. The molecule has 4 nitrogen and oxygen atoms in total. The summed E-state index contributed by atoms with van der Waals surface area (Å²) < 4.78 is 1.08. The number of pyridine rings is 1. The molecule has 3 rings (SSSR count). The molecule has 0 bridgehead atoms. The van der Waals surface area contributed by atoms with Gasteiger partial charge in [-0.25, -0.2) is 10.8 Å². The van der Waals surface area contributed by atoms with E-state index in [1.54, 1.807) is 0 Å². The van der Waals surface area contributed by atoms with Crippen LogP contribution in [0.2, 0.25) is 0 Å². The average molecular weight is 329 g/mol. The molecule has 3 aromatic rings. The Kier molecular flexibility index (Phi) is 3.54. The molecule has 4 N–H and O–H groups in total. The van der Waals surface area contributed by atoms with Crippen LogP contribution in [-0.2, 0) is 0 Å². The van der Waals surface area contributed by atoms with Crippen molar-refractivity contribution in [1.29, 1.82) is 0 Å². The lowest BCUT2D eigenvalue weighted by Crippen LogP contribution is -2.08. The van der Waals surface area contributed by atoms with Crippen molar-refractivity contribution in [2.75, 3.05) is 10.7 Å². The van der Waals surface area contributed by atoms with Gasteiger partial charge in [0.15, 0.2) is 0 Å². The van der Waals surface area contributed by atoms with Crippen molar-refractivity contribution < 1.29 is 0 Å². The van der Waals surface area contributed by atoms with E-state index >= 15 is 0 Å². The number of nitrogens with two attached hydrogens (primary N) is 1. The van der Waals surface area contributed by atoms with Crippen molar-refractivity contribution in [3.05, 3.63) is 59.1 Å². The van der Waals surface area contributed by atoms with Gasteiger partial charge in [-0.2, -0.15) is 0 Å². The number of nitrogen functional groups attached to an aromatic ring is 1. The Bertz CT molecular complexity index is 758. The quantitative estimate of drug-likeness (QED) is 0.501. The topological polar surface area (TPSA) is 63.0 Å². The van der Waals surface area contributed by atoms with Gasteiger partial charge < -0.3 is 10.7 Å². The first kappa shape index (κ1) is 12.9. The van der Waals surface area contributed by atoms with Crippen molar-refractivity contribution in [2.45, 2.75) is 0 Å². The number of hydrazine groups is 1. The summed E-state index contributed by atoms with van der Waals surface area (Å²) in [7, 11) is 0. The fourth-order valence-electron chi connectivity index (χ4n) is 2.03. The highest BCUT2D eigenvalue weighted by Crippen LogP contribution is 2.24. The summed E-state index contributed by atoms with van der Waals surface area (Å²) in [4.78, 5) is 4.33. The molecule has 0 spiro atoms. The summed E-state index contributed by atoms with van der Waals surface area (Å²) >= 11 is 3.48. The van der Waals surface area contributed by atoms with E-state index < -0.39 is 0 Å². The Morgan fingerprint density at radius 3 is 2.50 bits per heavy atom. The van der Waals surface area contributed by atoms with Gasteiger partial charge in [0.2, 0.25) is 0 Å². The molecule has 0 aliphatic carbocycles. The van der Waals surface area contributed by atoms with Gasteiger partial charge in [0.25, 0.3) is 0 Å². The summed E-state index contributed by atoms with van der Waals surface area (Å²) in [5, 5.41) is 5.63. The summed E-state index contributed by atoms with van der Waals surface area (Å²) in [5.41, 5.74) is 3.52. The molecule has 2 aromatic carbocycles. The van der Waals surface area contributed by atoms with Crippen molar-refractivity contribution in [1.82, 2.24) is 4.98 Å². The van der Waals surface area contributed by atoms with Crippen molar-refractivity contribution in [3.8, 4) is 0 Å². The van der Waals surface area contributed by atoms with E-state index in [-0.39, 0.29) is 0 Å². The normalized spacial score (nSPS) is 10.5. The number of aromatic nitrogens is 1. The number of benzene rings is 2. The molecule has 0 saturated heterocycles. The Morgan fingerprint density at radius 2 is 1.65 bits per heavy atom. The number of halogens is 1. The van der Waals surface area contributed by atoms with E-state index in [9.17, 15) is 0 Å². The number of hydrogen-bond acceptors (Lipinski definition) is 4. The molecule has 0 aliphatic heterocycles. The van der Waals surface area contributed by atoms with Gasteiger partial charge in [-0.1, -0.05) is 34.1 Å². The highest BCUT2D eigenvalue weighted by Gasteiger charge is 2.00. The van der Waals surface area contributed by atoms with Gasteiger partial charge in [0, 0.05) is 10.2 Å². The van der Waals surface area contributed by atoms with E-state index in [2.05, 4.69) is 55.9 Å². The lowest BCUT2D eigenvalue weighted by atomic mass is 10.1. The largest absolute Gasteiger partial charge is 0.340 e. The van der Waals surface area contributed by atoms with Crippen LogP contribution < -0.4 is 16.6 Å². The van der Waals surface area contributed by atoms with Crippen LogP contribution in [0.1, 0.15) is 0 Å². The Morgan fingerprint density at radius 1 is 0.900 bits per heavy atom. The highest BCUT2D eigenvalue weighted by atomic mass is 79.9. The average Bonchev–Trinajstić information content (AvgIpc) is 2.47. The number of nitrogens with one attached hydrogen (secondary N) is 2. The molecule has 0 atom stereocenters. The zero-order valence-electron chi connectivity index (χ0n) is 10.6. The van der Waals surface area contributed by atoms with Crippen LogP contribution >= 0.6 is 15.9 Å². The zero-order valence-corrected chi connectivity index (χ0v) is 12.2. The van der Waals surface area contributed by atoms with Crippen LogP contribution in [0.4, 0.5) is 17.3 Å². The second-order valence-corrected chi connectivity index (χ2v) is 5.30. The Labute approximate surface area is 125 Å². The van der Waals surface area contributed by atoms with Crippen molar-refractivity contribution in [2.24, 2.45) is 5.84 Å². The molecule has 5 heteroatoms. The third-order valence-corrected chi connectivity index (χ3v) is 3.46. The fraction of sp³-hybridized carbons (Fsp3) is 0. The fourth-order valence-corrected chi connectivity index (χ4v) is 2.41. The SMILES string of the molecule is NNc1cccc(Nc2ccc3cc(Br)ccc3c2)n1. The molecular formula is C15H13BrN4. The van der Waals surface area contributed by atoms with Crippen LogP contribution in [-0.4, -0.2) is 4.98 Å². The minimum Gasteiger partial charge on any atom is -0.340 e. The van der Waals surface area contributed by atoms with Crippen molar-refractivity contribution in [3.63, 3.8) is 0 Å². The molecule has 1 aromatic heterocycles. The van der Waals surface area contributed by atoms with Crippen molar-refractivity contribution >= 4 is 44.0 Å². The van der Waals surface area contributed by atoms with E-state index in [0.717, 1.165) is 16.0 Å². The Balaban J connectivity index is 1.92. The summed E-state index contributed by atoms with van der Waals surface area (Å²) in [6, 6.07) is 18.0. The standard InChI is InChI=1S/C15H13BrN4/c16-12-6-4-11-9-13(7-5-10(11)8-12)18-14-2-1-3-15(19-14)20-17/h1-9H,17H2,(H2,18,19,20). The number of fused-ring (bicyclic) bond motifs is 1. The van der Waals surface area contributed by atoms with Gasteiger partial charge >= 0.3 is 0 Å². The van der Waals surface area contributed by atoms with E-state index in [4.69, 9.17) is 5.84 Å². The second kappa shape index (κ2) is 5.48. The number of rotatable bonds is 3. The lowest BCUT2D eigenvalue weighted by molar-refractivity contribution is 1.22. The van der Waals surface area contributed by atoms with Gasteiger partial charge in [-0.3, -0.25) is 0 Å². The summed E-state index contributed by atoms with van der Waals surface area (Å²) in [5.74, 6) is 6.73. The first-order chi connectivity index (χ1) is 9.74. The molecule has 0 saturated carbocycles. The maximum Gasteiger partial charge on any atom is 0.142 e. The number of hydrogen-bond donors (Lipinski definition) is 3. The van der Waals surface area contributed by atoms with Crippen LogP contribution in [0, 0.1) is 0 Å². The summed E-state index contributed by atoms with van der Waals surface area (Å²) in [6.07, 6.45) is 0. The maximum atomic E-state index is 5.36. The van der Waals surface area contributed by atoms with Crippen LogP contribution in [0.3, 0.4) is 0 Å². The lowest BCUT2D eigenvalue weighted by Gasteiger charge is -2.08. The minimum absolute atomic E-state index is 0.625. The molecule has 1 heterocycles. The van der Waals surface area contributed by atoms with E-state index in [1.807, 2.05) is 30.3 Å².